The molecule has 96 valence electrons. The van der Waals surface area contributed by atoms with Crippen LogP contribution in [0.3, 0.4) is 0 Å². The van der Waals surface area contributed by atoms with Crippen molar-refractivity contribution in [3.63, 3.8) is 0 Å². The minimum absolute atomic E-state index is 0.527. The Balaban J connectivity index is 2.50. The zero-order chi connectivity index (χ0) is 12.8. The van der Waals surface area contributed by atoms with Gasteiger partial charge >= 0.3 is 0 Å². The van der Waals surface area contributed by atoms with Gasteiger partial charge in [-0.3, -0.25) is 0 Å². The van der Waals surface area contributed by atoms with E-state index in [2.05, 4.69) is 63.2 Å². The Bertz CT molecular complexity index is 327. The maximum absolute atomic E-state index is 3.60. The van der Waals surface area contributed by atoms with E-state index < -0.39 is 0 Å². The smallest absolute Gasteiger partial charge is 0.0213 e. The molecule has 2 heteroatoms. The standard InChI is InChI=1S/C15H26N2/c1-6-17(5)11-14(4)16-10-15-12(2)8-7-9-13(15)3/h7-9,14,16H,6,10-11H2,1-5H3. The fourth-order valence-electron chi connectivity index (χ4n) is 2.07. The minimum atomic E-state index is 0.527. The van der Waals surface area contributed by atoms with Gasteiger partial charge in [0, 0.05) is 19.1 Å². The fourth-order valence-corrected chi connectivity index (χ4v) is 2.07. The van der Waals surface area contributed by atoms with Gasteiger partial charge in [0.15, 0.2) is 0 Å². The summed E-state index contributed by atoms with van der Waals surface area (Å²) in [5.41, 5.74) is 4.21. The molecule has 0 amide bonds. The Morgan fingerprint density at radius 2 is 1.82 bits per heavy atom. The van der Waals surface area contributed by atoms with E-state index >= 15 is 0 Å². The molecular formula is C15H26N2. The van der Waals surface area contributed by atoms with E-state index in [4.69, 9.17) is 0 Å². The summed E-state index contributed by atoms with van der Waals surface area (Å²) in [7, 11) is 2.16. The highest BCUT2D eigenvalue weighted by molar-refractivity contribution is 5.33. The normalized spacial score (nSPS) is 13.1. The van der Waals surface area contributed by atoms with Crippen molar-refractivity contribution in [2.45, 2.75) is 40.3 Å². The molecule has 0 aromatic heterocycles. The van der Waals surface area contributed by atoms with Crippen molar-refractivity contribution < 1.29 is 0 Å². The molecular weight excluding hydrogens is 208 g/mol. The third-order valence-electron chi connectivity index (χ3n) is 3.40. The molecule has 2 nitrogen and oxygen atoms in total. The van der Waals surface area contributed by atoms with Crippen molar-refractivity contribution in [1.29, 1.82) is 0 Å². The zero-order valence-electron chi connectivity index (χ0n) is 11.9. The second kappa shape index (κ2) is 6.77. The highest BCUT2D eigenvalue weighted by atomic mass is 15.1. The van der Waals surface area contributed by atoms with Crippen LogP contribution in [0.1, 0.15) is 30.5 Å². The van der Waals surface area contributed by atoms with E-state index in [-0.39, 0.29) is 0 Å². The van der Waals surface area contributed by atoms with Crippen molar-refractivity contribution in [2.75, 3.05) is 20.1 Å². The van der Waals surface area contributed by atoms with Crippen LogP contribution < -0.4 is 5.32 Å². The van der Waals surface area contributed by atoms with Crippen LogP contribution in [0.5, 0.6) is 0 Å². The van der Waals surface area contributed by atoms with E-state index in [0.717, 1.165) is 19.6 Å². The Labute approximate surface area is 106 Å². The van der Waals surface area contributed by atoms with Crippen molar-refractivity contribution >= 4 is 0 Å². The predicted molar refractivity (Wildman–Crippen MR) is 75.4 cm³/mol. The van der Waals surface area contributed by atoms with Crippen LogP contribution in [0, 0.1) is 13.8 Å². The summed E-state index contributed by atoms with van der Waals surface area (Å²) in [5, 5.41) is 3.60. The molecule has 0 radical (unpaired) electrons. The van der Waals surface area contributed by atoms with Crippen LogP contribution in [0.25, 0.3) is 0 Å². The molecule has 1 atom stereocenters. The molecule has 0 aliphatic heterocycles. The molecule has 1 unspecified atom stereocenters. The third-order valence-corrected chi connectivity index (χ3v) is 3.40. The predicted octanol–water partition coefficient (Wildman–Crippen LogP) is 2.73. The number of aryl methyl sites for hydroxylation is 2. The lowest BCUT2D eigenvalue weighted by atomic mass is 10.0. The average molecular weight is 234 g/mol. The van der Waals surface area contributed by atoms with E-state index in [1.165, 1.54) is 16.7 Å². The molecule has 0 fully saturated rings. The van der Waals surface area contributed by atoms with Gasteiger partial charge < -0.3 is 10.2 Å². The van der Waals surface area contributed by atoms with Crippen molar-refractivity contribution in [3.05, 3.63) is 34.9 Å². The number of nitrogens with one attached hydrogen (secondary N) is 1. The Morgan fingerprint density at radius 1 is 1.24 bits per heavy atom. The number of hydrogen-bond acceptors (Lipinski definition) is 2. The molecule has 0 heterocycles. The monoisotopic (exact) mass is 234 g/mol. The largest absolute Gasteiger partial charge is 0.309 e. The van der Waals surface area contributed by atoms with Gasteiger partial charge in [-0.2, -0.15) is 0 Å². The lowest BCUT2D eigenvalue weighted by Crippen LogP contribution is -2.37. The second-order valence-corrected chi connectivity index (χ2v) is 5.01. The van der Waals surface area contributed by atoms with Gasteiger partial charge in [-0.25, -0.2) is 0 Å². The molecule has 17 heavy (non-hydrogen) atoms. The zero-order valence-corrected chi connectivity index (χ0v) is 11.9. The van der Waals surface area contributed by atoms with Gasteiger partial charge in [-0.1, -0.05) is 25.1 Å². The molecule has 0 aliphatic carbocycles. The van der Waals surface area contributed by atoms with Gasteiger partial charge in [0.2, 0.25) is 0 Å². The maximum Gasteiger partial charge on any atom is 0.0213 e. The molecule has 0 spiro atoms. The van der Waals surface area contributed by atoms with Crippen LogP contribution in [-0.4, -0.2) is 31.1 Å². The summed E-state index contributed by atoms with van der Waals surface area (Å²) in [5.74, 6) is 0. The van der Waals surface area contributed by atoms with Gasteiger partial charge in [-0.15, -0.1) is 0 Å². The molecule has 0 saturated heterocycles. The summed E-state index contributed by atoms with van der Waals surface area (Å²) in [6.07, 6.45) is 0. The fraction of sp³-hybridized carbons (Fsp3) is 0.600. The van der Waals surface area contributed by atoms with E-state index in [1.807, 2.05) is 0 Å². The molecule has 1 aromatic carbocycles. The third kappa shape index (κ3) is 4.49. The second-order valence-electron chi connectivity index (χ2n) is 5.01. The Morgan fingerprint density at radius 3 is 2.35 bits per heavy atom. The van der Waals surface area contributed by atoms with Gasteiger partial charge in [0.25, 0.3) is 0 Å². The summed E-state index contributed by atoms with van der Waals surface area (Å²) in [6, 6.07) is 7.03. The molecule has 1 rings (SSSR count). The molecule has 0 saturated carbocycles. The highest BCUT2D eigenvalue weighted by Crippen LogP contribution is 2.12. The molecule has 0 aliphatic rings. The SMILES string of the molecule is CCN(C)CC(C)NCc1c(C)cccc1C. The first kappa shape index (κ1) is 14.2. The van der Waals surface area contributed by atoms with Crippen LogP contribution in [0.2, 0.25) is 0 Å². The van der Waals surface area contributed by atoms with Gasteiger partial charge in [-0.05, 0) is 51.1 Å². The van der Waals surface area contributed by atoms with Crippen molar-refractivity contribution in [2.24, 2.45) is 0 Å². The number of likely N-dealkylation sites (N-methyl/N-ethyl adjacent to an activating group) is 1. The minimum Gasteiger partial charge on any atom is -0.309 e. The highest BCUT2D eigenvalue weighted by Gasteiger charge is 2.06. The number of hydrogen-bond donors (Lipinski definition) is 1. The number of rotatable bonds is 6. The Hall–Kier alpha value is -0.860. The van der Waals surface area contributed by atoms with Gasteiger partial charge in [0.05, 0.1) is 0 Å². The van der Waals surface area contributed by atoms with Gasteiger partial charge in [0.1, 0.15) is 0 Å². The summed E-state index contributed by atoms with van der Waals surface area (Å²) in [4.78, 5) is 2.34. The lowest BCUT2D eigenvalue weighted by molar-refractivity contribution is 0.309. The van der Waals surface area contributed by atoms with E-state index in [0.29, 0.717) is 6.04 Å². The molecule has 1 N–H and O–H groups in total. The summed E-state index contributed by atoms with van der Waals surface area (Å²) >= 11 is 0. The van der Waals surface area contributed by atoms with Crippen molar-refractivity contribution in [1.82, 2.24) is 10.2 Å². The van der Waals surface area contributed by atoms with Crippen LogP contribution in [-0.2, 0) is 6.54 Å². The summed E-state index contributed by atoms with van der Waals surface area (Å²) in [6.45, 7) is 12.0. The van der Waals surface area contributed by atoms with Crippen LogP contribution >= 0.6 is 0 Å². The first-order valence-corrected chi connectivity index (χ1v) is 6.51. The average Bonchev–Trinajstić information content (AvgIpc) is 2.28. The number of nitrogens with zero attached hydrogens (tertiary/aromatic N) is 1. The number of benzene rings is 1. The van der Waals surface area contributed by atoms with E-state index in [9.17, 15) is 0 Å². The first-order valence-electron chi connectivity index (χ1n) is 6.51. The molecule has 0 bridgehead atoms. The Kier molecular flexibility index (Phi) is 5.66. The molecule has 1 aromatic rings. The van der Waals surface area contributed by atoms with E-state index in [1.54, 1.807) is 0 Å². The van der Waals surface area contributed by atoms with Crippen LogP contribution in [0.4, 0.5) is 0 Å². The topological polar surface area (TPSA) is 15.3 Å². The summed E-state index contributed by atoms with van der Waals surface area (Å²) < 4.78 is 0. The maximum atomic E-state index is 3.60. The quantitative estimate of drug-likeness (QED) is 0.814. The first-order chi connectivity index (χ1) is 8.04. The lowest BCUT2D eigenvalue weighted by Gasteiger charge is -2.21. The van der Waals surface area contributed by atoms with Crippen LogP contribution in [0.15, 0.2) is 18.2 Å². The van der Waals surface area contributed by atoms with Crippen molar-refractivity contribution in [3.8, 4) is 0 Å².